The van der Waals surface area contributed by atoms with E-state index in [0.29, 0.717) is 5.69 Å². The first kappa shape index (κ1) is 12.7. The Morgan fingerprint density at radius 2 is 2.00 bits per heavy atom. The summed E-state index contributed by atoms with van der Waals surface area (Å²) < 4.78 is 23.1. The Kier molecular flexibility index (Phi) is 2.94. The molecule has 0 saturated carbocycles. The molecule has 0 unspecified atom stereocenters. The summed E-state index contributed by atoms with van der Waals surface area (Å²) >= 11 is 0. The van der Waals surface area contributed by atoms with E-state index >= 15 is 0 Å². The maximum atomic E-state index is 12.6. The van der Waals surface area contributed by atoms with Crippen molar-refractivity contribution in [3.63, 3.8) is 0 Å². The van der Waals surface area contributed by atoms with Crippen LogP contribution in [0.4, 0.5) is 5.95 Å². The largest absolute Gasteiger partial charge is 0.434 e. The molecular weight excluding hydrogens is 273 g/mol. The van der Waals surface area contributed by atoms with Crippen LogP contribution >= 0.6 is 7.67 Å². The average molecular weight is 287 g/mol. The molecule has 2 aliphatic rings. The summed E-state index contributed by atoms with van der Waals surface area (Å²) in [6.07, 6.45) is 1.38. The Bertz CT molecular complexity index is 549. The van der Waals surface area contributed by atoms with Crippen molar-refractivity contribution in [2.75, 3.05) is 26.2 Å². The zero-order valence-electron chi connectivity index (χ0n) is 10.4. The Balaban J connectivity index is 1.72. The molecule has 0 bridgehead atoms. The normalized spacial score (nSPS) is 19.6. The van der Waals surface area contributed by atoms with Gasteiger partial charge in [-0.15, -0.1) is 0 Å². The molecule has 3 heterocycles. The second-order valence-electron chi connectivity index (χ2n) is 4.54. The number of nitrogens with zero attached hydrogens (tertiary/aromatic N) is 5. The van der Waals surface area contributed by atoms with Gasteiger partial charge in [-0.25, -0.2) is 13.9 Å². The molecule has 3 rings (SSSR count). The van der Waals surface area contributed by atoms with Gasteiger partial charge < -0.3 is 10.1 Å². The lowest BCUT2D eigenvalue weighted by atomic mass is 10.5. The molecule has 0 spiro atoms. The van der Waals surface area contributed by atoms with Crippen molar-refractivity contribution in [1.82, 2.24) is 18.9 Å². The first-order valence-corrected chi connectivity index (χ1v) is 7.46. The summed E-state index contributed by atoms with van der Waals surface area (Å²) in [4.78, 5) is 13.8. The number of imidazole rings is 1. The van der Waals surface area contributed by atoms with Crippen molar-refractivity contribution < 1.29 is 14.0 Å². The summed E-state index contributed by atoms with van der Waals surface area (Å²) in [6.45, 7) is 3.17. The summed E-state index contributed by atoms with van der Waals surface area (Å²) in [5, 5.41) is 10.7. The molecule has 0 aliphatic carbocycles. The van der Waals surface area contributed by atoms with Gasteiger partial charge in [-0.2, -0.15) is 0 Å². The van der Waals surface area contributed by atoms with Gasteiger partial charge in [-0.1, -0.05) is 4.98 Å². The predicted molar refractivity (Wildman–Crippen MR) is 65.4 cm³/mol. The molecule has 2 aliphatic heterocycles. The number of hydrogen-bond acceptors (Lipinski definition) is 5. The topological polar surface area (TPSA) is 93.3 Å². The fourth-order valence-electron chi connectivity index (χ4n) is 1.82. The van der Waals surface area contributed by atoms with Crippen LogP contribution in [0.2, 0.25) is 0 Å². The molecule has 0 radical (unpaired) electrons. The van der Waals surface area contributed by atoms with Crippen molar-refractivity contribution >= 4 is 13.6 Å². The number of hydrogen-bond donors (Lipinski definition) is 0. The highest BCUT2D eigenvalue weighted by Gasteiger charge is 2.49. The highest BCUT2D eigenvalue weighted by atomic mass is 31.2. The average Bonchev–Trinajstić information content (AvgIpc) is 3.25. The van der Waals surface area contributed by atoms with Gasteiger partial charge in [0.2, 0.25) is 0 Å². The van der Waals surface area contributed by atoms with Gasteiger partial charge in [-0.05, 0) is 4.92 Å². The quantitative estimate of drug-likeness (QED) is 0.327. The lowest BCUT2D eigenvalue weighted by molar-refractivity contribution is -0.396. The summed E-state index contributed by atoms with van der Waals surface area (Å²) in [6, 6.07) is 0. The Hall–Kier alpha value is -1.28. The zero-order chi connectivity index (χ0) is 13.6. The van der Waals surface area contributed by atoms with Crippen molar-refractivity contribution in [3.8, 4) is 0 Å². The Morgan fingerprint density at radius 3 is 2.42 bits per heavy atom. The van der Waals surface area contributed by atoms with Crippen molar-refractivity contribution in [2.45, 2.75) is 6.61 Å². The molecule has 0 amide bonds. The van der Waals surface area contributed by atoms with E-state index in [4.69, 9.17) is 4.52 Å². The van der Waals surface area contributed by atoms with E-state index in [2.05, 4.69) is 4.98 Å². The molecule has 2 saturated heterocycles. The lowest BCUT2D eigenvalue weighted by Crippen LogP contribution is -2.09. The third-order valence-corrected chi connectivity index (χ3v) is 5.86. The van der Waals surface area contributed by atoms with Crippen LogP contribution in [0.5, 0.6) is 0 Å². The van der Waals surface area contributed by atoms with Gasteiger partial charge in [0.05, 0.1) is 7.05 Å². The van der Waals surface area contributed by atoms with E-state index in [1.807, 2.05) is 0 Å². The first-order chi connectivity index (χ1) is 9.02. The van der Waals surface area contributed by atoms with Crippen LogP contribution in [0.1, 0.15) is 5.69 Å². The van der Waals surface area contributed by atoms with Gasteiger partial charge in [0.1, 0.15) is 18.5 Å². The molecular formula is C9H14N5O4P. The third kappa shape index (κ3) is 2.30. The van der Waals surface area contributed by atoms with E-state index in [0.717, 1.165) is 26.2 Å². The summed E-state index contributed by atoms with van der Waals surface area (Å²) in [5.74, 6) is -0.244. The number of nitro groups is 1. The first-order valence-electron chi connectivity index (χ1n) is 5.93. The van der Waals surface area contributed by atoms with Crippen LogP contribution in [0.15, 0.2) is 6.20 Å². The molecule has 0 atom stereocenters. The summed E-state index contributed by atoms with van der Waals surface area (Å²) in [5.41, 5.74) is 0.538. The van der Waals surface area contributed by atoms with E-state index in [1.54, 1.807) is 16.4 Å². The minimum atomic E-state index is -2.89. The number of rotatable bonds is 6. The minimum Gasteiger partial charge on any atom is -0.390 e. The molecule has 19 heavy (non-hydrogen) atoms. The highest BCUT2D eigenvalue weighted by molar-refractivity contribution is 7.54. The molecule has 0 N–H and O–H groups in total. The van der Waals surface area contributed by atoms with Crippen LogP contribution in [0.25, 0.3) is 0 Å². The monoisotopic (exact) mass is 287 g/mol. The zero-order valence-corrected chi connectivity index (χ0v) is 11.3. The van der Waals surface area contributed by atoms with Crippen LogP contribution < -0.4 is 0 Å². The summed E-state index contributed by atoms with van der Waals surface area (Å²) in [7, 11) is -1.34. The van der Waals surface area contributed by atoms with Gasteiger partial charge >= 0.3 is 13.6 Å². The van der Waals surface area contributed by atoms with Crippen LogP contribution in [-0.2, 0) is 22.7 Å². The van der Waals surface area contributed by atoms with Gasteiger partial charge in [0, 0.05) is 26.2 Å². The Morgan fingerprint density at radius 1 is 1.42 bits per heavy atom. The minimum absolute atomic E-state index is 0.0572. The Labute approximate surface area is 109 Å². The van der Waals surface area contributed by atoms with Crippen LogP contribution in [0, 0.1) is 10.1 Å². The van der Waals surface area contributed by atoms with Crippen LogP contribution in [-0.4, -0.2) is 50.0 Å². The van der Waals surface area contributed by atoms with E-state index < -0.39 is 12.6 Å². The standard InChI is InChI=1S/C9H14N5O4P/c1-11-8(6-10-9(11)14(15)16)7-18-19(17,12-2-3-12)13-4-5-13/h6H,2-5,7H2,1H3. The van der Waals surface area contributed by atoms with Gasteiger partial charge in [-0.3, -0.25) is 9.09 Å². The SMILES string of the molecule is Cn1c(COP(=O)(N2CC2)N2CC2)cnc1[N+](=O)[O-]. The van der Waals surface area contributed by atoms with Gasteiger partial charge in [0.25, 0.3) is 0 Å². The third-order valence-electron chi connectivity index (χ3n) is 3.17. The fourth-order valence-corrected chi connectivity index (χ4v) is 4.00. The van der Waals surface area contributed by atoms with E-state index in [9.17, 15) is 14.7 Å². The van der Waals surface area contributed by atoms with Crippen molar-refractivity contribution in [2.24, 2.45) is 7.05 Å². The molecule has 9 nitrogen and oxygen atoms in total. The second kappa shape index (κ2) is 4.38. The van der Waals surface area contributed by atoms with Gasteiger partial charge in [0.15, 0.2) is 0 Å². The second-order valence-corrected chi connectivity index (χ2v) is 6.91. The fraction of sp³-hybridized carbons (Fsp3) is 0.667. The maximum Gasteiger partial charge on any atom is 0.434 e. The molecule has 0 aromatic carbocycles. The predicted octanol–water partition coefficient (Wildman–Crippen LogP) is 0.584. The molecule has 1 aromatic rings. The van der Waals surface area contributed by atoms with E-state index in [1.165, 1.54) is 10.8 Å². The molecule has 10 heteroatoms. The molecule has 2 fully saturated rings. The highest BCUT2D eigenvalue weighted by Crippen LogP contribution is 2.61. The van der Waals surface area contributed by atoms with Crippen molar-refractivity contribution in [3.05, 3.63) is 22.0 Å². The maximum absolute atomic E-state index is 12.6. The smallest absolute Gasteiger partial charge is 0.390 e. The number of aromatic nitrogens is 2. The lowest BCUT2D eigenvalue weighted by Gasteiger charge is -2.18. The molecule has 1 aromatic heterocycles. The van der Waals surface area contributed by atoms with Crippen LogP contribution in [0.3, 0.4) is 0 Å². The van der Waals surface area contributed by atoms with E-state index in [-0.39, 0.29) is 12.6 Å². The molecule has 104 valence electrons. The van der Waals surface area contributed by atoms with Crippen molar-refractivity contribution in [1.29, 1.82) is 0 Å².